The molecule has 0 aliphatic heterocycles. The molecular weight excluding hydrogens is 211 g/mol. The second-order valence-electron chi connectivity index (χ2n) is 3.79. The summed E-state index contributed by atoms with van der Waals surface area (Å²) in [4.78, 5) is 10.3. The first-order chi connectivity index (χ1) is 7.49. The molecule has 16 heavy (non-hydrogen) atoms. The molecule has 0 aliphatic rings. The predicted molar refractivity (Wildman–Crippen MR) is 58.1 cm³/mol. The first-order valence-electron chi connectivity index (χ1n) is 5.13. The molecule has 0 aromatic heterocycles. The highest BCUT2D eigenvalue weighted by atomic mass is 19.1. The SMILES string of the molecule is Cc1ccc(F)c(OC(C)CCC(=O)O)c1. The summed E-state index contributed by atoms with van der Waals surface area (Å²) in [6, 6.07) is 4.60. The number of hydrogen-bond donors (Lipinski definition) is 1. The molecule has 0 aliphatic carbocycles. The first kappa shape index (κ1) is 12.5. The minimum absolute atomic E-state index is 0.0224. The standard InChI is InChI=1S/C12H15FO3/c1-8-3-5-10(13)11(7-8)16-9(2)4-6-12(14)15/h3,5,7,9H,4,6H2,1-2H3,(H,14,15). The number of carbonyl (C=O) groups is 1. The topological polar surface area (TPSA) is 46.5 Å². The van der Waals surface area contributed by atoms with Crippen LogP contribution in [0.4, 0.5) is 4.39 Å². The van der Waals surface area contributed by atoms with E-state index in [-0.39, 0.29) is 18.3 Å². The van der Waals surface area contributed by atoms with Gasteiger partial charge in [-0.15, -0.1) is 0 Å². The van der Waals surface area contributed by atoms with Gasteiger partial charge in [0.25, 0.3) is 0 Å². The average molecular weight is 226 g/mol. The summed E-state index contributed by atoms with van der Waals surface area (Å²) in [6.45, 7) is 3.57. The highest BCUT2D eigenvalue weighted by molar-refractivity contribution is 5.66. The van der Waals surface area contributed by atoms with E-state index in [1.54, 1.807) is 19.1 Å². The molecule has 0 saturated carbocycles. The molecular formula is C12H15FO3. The Kier molecular flexibility index (Phi) is 4.28. The molecule has 1 aromatic carbocycles. The number of ether oxygens (including phenoxy) is 1. The van der Waals surface area contributed by atoms with Crippen LogP contribution < -0.4 is 4.74 Å². The fraction of sp³-hybridized carbons (Fsp3) is 0.417. The molecule has 1 aromatic rings. The highest BCUT2D eigenvalue weighted by Crippen LogP contribution is 2.20. The first-order valence-corrected chi connectivity index (χ1v) is 5.13. The molecule has 0 heterocycles. The Morgan fingerprint density at radius 2 is 2.25 bits per heavy atom. The summed E-state index contributed by atoms with van der Waals surface area (Å²) in [5.74, 6) is -1.12. The molecule has 0 amide bonds. The highest BCUT2D eigenvalue weighted by Gasteiger charge is 2.10. The van der Waals surface area contributed by atoms with Crippen molar-refractivity contribution in [1.29, 1.82) is 0 Å². The maximum absolute atomic E-state index is 13.3. The van der Waals surface area contributed by atoms with Gasteiger partial charge in [-0.2, -0.15) is 0 Å². The van der Waals surface area contributed by atoms with Crippen molar-refractivity contribution >= 4 is 5.97 Å². The lowest BCUT2D eigenvalue weighted by Crippen LogP contribution is -2.14. The van der Waals surface area contributed by atoms with Gasteiger partial charge < -0.3 is 9.84 Å². The maximum atomic E-state index is 13.3. The number of carboxylic acids is 1. The number of carboxylic acid groups (broad SMARTS) is 1. The van der Waals surface area contributed by atoms with Gasteiger partial charge in [-0.1, -0.05) is 6.07 Å². The third-order valence-electron chi connectivity index (χ3n) is 2.18. The second-order valence-corrected chi connectivity index (χ2v) is 3.79. The monoisotopic (exact) mass is 226 g/mol. The summed E-state index contributed by atoms with van der Waals surface area (Å²) in [6.07, 6.45) is 0.0736. The van der Waals surface area contributed by atoms with Gasteiger partial charge >= 0.3 is 5.97 Å². The van der Waals surface area contributed by atoms with E-state index in [4.69, 9.17) is 9.84 Å². The van der Waals surface area contributed by atoms with Crippen LogP contribution in [0.3, 0.4) is 0 Å². The van der Waals surface area contributed by atoms with Crippen LogP contribution in [0.25, 0.3) is 0 Å². The van der Waals surface area contributed by atoms with Crippen LogP contribution in [0.15, 0.2) is 18.2 Å². The molecule has 3 nitrogen and oxygen atoms in total. The van der Waals surface area contributed by atoms with Gasteiger partial charge in [0, 0.05) is 6.42 Å². The van der Waals surface area contributed by atoms with Gasteiger partial charge in [0.2, 0.25) is 0 Å². The molecule has 1 rings (SSSR count). The van der Waals surface area contributed by atoms with Crippen LogP contribution >= 0.6 is 0 Å². The molecule has 0 fully saturated rings. The lowest BCUT2D eigenvalue weighted by molar-refractivity contribution is -0.137. The van der Waals surface area contributed by atoms with E-state index >= 15 is 0 Å². The Labute approximate surface area is 93.9 Å². The number of rotatable bonds is 5. The largest absolute Gasteiger partial charge is 0.488 e. The van der Waals surface area contributed by atoms with Crippen LogP contribution in [0, 0.1) is 12.7 Å². The zero-order valence-corrected chi connectivity index (χ0v) is 9.37. The van der Waals surface area contributed by atoms with Gasteiger partial charge in [0.1, 0.15) is 0 Å². The lowest BCUT2D eigenvalue weighted by atomic mass is 10.2. The van der Waals surface area contributed by atoms with E-state index in [1.165, 1.54) is 6.07 Å². The van der Waals surface area contributed by atoms with Crippen molar-refractivity contribution in [3.63, 3.8) is 0 Å². The van der Waals surface area contributed by atoms with Gasteiger partial charge in [-0.05, 0) is 38.0 Å². The Balaban J connectivity index is 2.58. The zero-order chi connectivity index (χ0) is 12.1. The van der Waals surface area contributed by atoms with Crippen molar-refractivity contribution in [2.24, 2.45) is 0 Å². The van der Waals surface area contributed by atoms with E-state index < -0.39 is 11.8 Å². The van der Waals surface area contributed by atoms with Crippen LogP contribution in [-0.4, -0.2) is 17.2 Å². The van der Waals surface area contributed by atoms with Crippen molar-refractivity contribution < 1.29 is 19.0 Å². The van der Waals surface area contributed by atoms with Gasteiger partial charge in [-0.3, -0.25) is 4.79 Å². The van der Waals surface area contributed by atoms with Gasteiger partial charge in [0.15, 0.2) is 11.6 Å². The molecule has 1 atom stereocenters. The van der Waals surface area contributed by atoms with Crippen LogP contribution in [0.2, 0.25) is 0 Å². The van der Waals surface area contributed by atoms with Gasteiger partial charge in [-0.25, -0.2) is 4.39 Å². The zero-order valence-electron chi connectivity index (χ0n) is 9.37. The van der Waals surface area contributed by atoms with Crippen LogP contribution in [0.5, 0.6) is 5.75 Å². The Morgan fingerprint density at radius 3 is 2.88 bits per heavy atom. The summed E-state index contributed by atoms with van der Waals surface area (Å²) in [7, 11) is 0. The molecule has 0 saturated heterocycles. The quantitative estimate of drug-likeness (QED) is 0.839. The van der Waals surface area contributed by atoms with Crippen molar-refractivity contribution in [3.05, 3.63) is 29.6 Å². The molecule has 88 valence electrons. The van der Waals surface area contributed by atoms with E-state index in [2.05, 4.69) is 0 Å². The Hall–Kier alpha value is -1.58. The normalized spacial score (nSPS) is 12.2. The average Bonchev–Trinajstić information content (AvgIpc) is 2.20. The van der Waals surface area contributed by atoms with Crippen molar-refractivity contribution in [2.75, 3.05) is 0 Å². The second kappa shape index (κ2) is 5.49. The third kappa shape index (κ3) is 3.88. The van der Waals surface area contributed by atoms with E-state index in [0.717, 1.165) is 5.56 Å². The summed E-state index contributed by atoms with van der Waals surface area (Å²) < 4.78 is 18.6. The fourth-order valence-electron chi connectivity index (χ4n) is 1.30. The minimum Gasteiger partial charge on any atom is -0.488 e. The number of aliphatic carboxylic acids is 1. The summed E-state index contributed by atoms with van der Waals surface area (Å²) in [5.41, 5.74) is 0.904. The van der Waals surface area contributed by atoms with E-state index in [0.29, 0.717) is 6.42 Å². The van der Waals surface area contributed by atoms with Crippen molar-refractivity contribution in [3.8, 4) is 5.75 Å². The van der Waals surface area contributed by atoms with Crippen LogP contribution in [-0.2, 0) is 4.79 Å². The smallest absolute Gasteiger partial charge is 0.303 e. The molecule has 0 radical (unpaired) electrons. The molecule has 0 spiro atoms. The summed E-state index contributed by atoms with van der Waals surface area (Å²) in [5, 5.41) is 8.50. The van der Waals surface area contributed by atoms with Crippen LogP contribution in [0.1, 0.15) is 25.3 Å². The van der Waals surface area contributed by atoms with E-state index in [1.807, 2.05) is 6.92 Å². The molecule has 4 heteroatoms. The Bertz CT molecular complexity index is 377. The minimum atomic E-state index is -0.875. The lowest BCUT2D eigenvalue weighted by Gasteiger charge is -2.14. The van der Waals surface area contributed by atoms with Gasteiger partial charge in [0.05, 0.1) is 6.10 Å². The number of hydrogen-bond acceptors (Lipinski definition) is 2. The molecule has 0 bridgehead atoms. The molecule has 1 unspecified atom stereocenters. The number of aryl methyl sites for hydroxylation is 1. The fourth-order valence-corrected chi connectivity index (χ4v) is 1.30. The van der Waals surface area contributed by atoms with Crippen molar-refractivity contribution in [2.45, 2.75) is 32.8 Å². The third-order valence-corrected chi connectivity index (χ3v) is 2.18. The molecule has 1 N–H and O–H groups in total. The van der Waals surface area contributed by atoms with Crippen molar-refractivity contribution in [1.82, 2.24) is 0 Å². The maximum Gasteiger partial charge on any atom is 0.303 e. The number of benzene rings is 1. The number of halogens is 1. The summed E-state index contributed by atoms with van der Waals surface area (Å²) >= 11 is 0. The van der Waals surface area contributed by atoms with E-state index in [9.17, 15) is 9.18 Å². The predicted octanol–water partition coefficient (Wildman–Crippen LogP) is 2.77. The Morgan fingerprint density at radius 1 is 1.56 bits per heavy atom.